The van der Waals surface area contributed by atoms with Gasteiger partial charge < -0.3 is 0 Å². The van der Waals surface area contributed by atoms with E-state index in [-0.39, 0.29) is 5.52 Å². The average molecular weight is 448 g/mol. The zero-order valence-corrected chi connectivity index (χ0v) is 17.4. The first-order valence-electron chi connectivity index (χ1n) is 9.45. The van der Waals surface area contributed by atoms with Crippen LogP contribution in [0.4, 0.5) is 8.78 Å². The van der Waals surface area contributed by atoms with Gasteiger partial charge in [-0.2, -0.15) is 15.3 Å². The lowest BCUT2D eigenvalue weighted by Crippen LogP contribution is -2.21. The third-order valence-electron chi connectivity index (χ3n) is 5.61. The van der Waals surface area contributed by atoms with Crippen molar-refractivity contribution in [3.8, 4) is 22.9 Å². The summed E-state index contributed by atoms with van der Waals surface area (Å²) in [6, 6.07) is 3.26. The van der Waals surface area contributed by atoms with E-state index in [2.05, 4.69) is 30.4 Å². The Labute approximate surface area is 175 Å². The number of halogens is 2. The maximum atomic E-state index is 13.4. The third-order valence-corrected chi connectivity index (χ3v) is 7.66. The van der Waals surface area contributed by atoms with Crippen LogP contribution in [0.15, 0.2) is 24.7 Å². The fourth-order valence-electron chi connectivity index (χ4n) is 3.96. The number of rotatable bonds is 6. The highest BCUT2D eigenvalue weighted by atomic mass is 32.2. The number of H-pyrrole nitrogens is 1. The molecule has 1 fully saturated rings. The van der Waals surface area contributed by atoms with Gasteiger partial charge in [-0.15, -0.1) is 0 Å². The second kappa shape index (κ2) is 6.64. The van der Waals surface area contributed by atoms with E-state index in [1.54, 1.807) is 19.2 Å². The maximum Gasteiger partial charge on any atom is 0.257 e. The number of sulfone groups is 1. The quantitative estimate of drug-likeness (QED) is 0.478. The predicted octanol–water partition coefficient (Wildman–Crippen LogP) is 1.92. The Hall–Kier alpha value is -3.22. The van der Waals surface area contributed by atoms with Crippen molar-refractivity contribution in [1.29, 1.82) is 0 Å². The minimum atomic E-state index is -3.54. The van der Waals surface area contributed by atoms with Crippen LogP contribution in [0.2, 0.25) is 0 Å². The Balaban J connectivity index is 1.90. The number of aromatic amines is 1. The molecule has 1 saturated carbocycles. The molecule has 0 aromatic carbocycles. The Morgan fingerprint density at radius 2 is 2.10 bits per heavy atom. The number of alkyl halides is 2. The lowest BCUT2D eigenvalue weighted by Gasteiger charge is -2.17. The van der Waals surface area contributed by atoms with Gasteiger partial charge in [-0.1, -0.05) is 0 Å². The number of fused-ring (bicyclic) bond motifs is 1. The lowest BCUT2D eigenvalue weighted by molar-refractivity contribution is 0.123. The standard InChI is InChI=1S/C18H18F2N8O2S/c1-27-17(21-9-23-27)12-7-10(18(4-5-18)31(2,29)30)16-15(24-12)14(11-3-6-22-25-11)26-28(16)8-13(19)20/h3,6-7,9,13H,4-5,8H2,1-2H3,(H,22,25). The highest BCUT2D eigenvalue weighted by molar-refractivity contribution is 7.92. The molecule has 5 rings (SSSR count). The number of hydrogen-bond acceptors (Lipinski definition) is 7. The van der Waals surface area contributed by atoms with Gasteiger partial charge in [-0.05, 0) is 25.0 Å². The average Bonchev–Trinajstić information content (AvgIpc) is 3.00. The van der Waals surface area contributed by atoms with Gasteiger partial charge in [0.05, 0.1) is 16.0 Å². The topological polar surface area (TPSA) is 124 Å². The summed E-state index contributed by atoms with van der Waals surface area (Å²) >= 11 is 0. The van der Waals surface area contributed by atoms with Gasteiger partial charge in [0.2, 0.25) is 0 Å². The van der Waals surface area contributed by atoms with E-state index in [0.717, 1.165) is 10.9 Å². The molecule has 162 valence electrons. The van der Waals surface area contributed by atoms with E-state index in [9.17, 15) is 17.2 Å². The highest BCUT2D eigenvalue weighted by Crippen LogP contribution is 2.55. The van der Waals surface area contributed by atoms with Gasteiger partial charge in [0, 0.05) is 25.1 Å². The molecule has 0 unspecified atom stereocenters. The molecule has 4 heterocycles. The number of aryl methyl sites for hydroxylation is 1. The largest absolute Gasteiger partial charge is 0.276 e. The van der Waals surface area contributed by atoms with Crippen molar-refractivity contribution < 1.29 is 17.2 Å². The number of nitrogens with zero attached hydrogens (tertiary/aromatic N) is 7. The summed E-state index contributed by atoms with van der Waals surface area (Å²) in [5.41, 5.74) is 2.15. The van der Waals surface area contributed by atoms with Gasteiger partial charge in [0.15, 0.2) is 15.7 Å². The van der Waals surface area contributed by atoms with Crippen molar-refractivity contribution >= 4 is 20.9 Å². The second-order valence-corrected chi connectivity index (χ2v) is 9.94. The monoisotopic (exact) mass is 448 g/mol. The van der Waals surface area contributed by atoms with E-state index in [0.29, 0.717) is 46.8 Å². The molecule has 1 N–H and O–H groups in total. The van der Waals surface area contributed by atoms with Crippen LogP contribution in [0.5, 0.6) is 0 Å². The van der Waals surface area contributed by atoms with E-state index < -0.39 is 27.6 Å². The molecule has 10 nitrogen and oxygen atoms in total. The fraction of sp³-hybridized carbons (Fsp3) is 0.389. The Kier molecular flexibility index (Phi) is 4.22. The Bertz CT molecular complexity index is 1390. The summed E-state index contributed by atoms with van der Waals surface area (Å²) in [5, 5.41) is 15.1. The van der Waals surface area contributed by atoms with Gasteiger partial charge >= 0.3 is 0 Å². The van der Waals surface area contributed by atoms with Crippen LogP contribution >= 0.6 is 0 Å². The number of hydrogen-bond donors (Lipinski definition) is 1. The van der Waals surface area contributed by atoms with Crippen LogP contribution in [0.25, 0.3) is 33.9 Å². The molecular formula is C18H18F2N8O2S. The van der Waals surface area contributed by atoms with Crippen molar-refractivity contribution in [2.24, 2.45) is 7.05 Å². The summed E-state index contributed by atoms with van der Waals surface area (Å²) in [4.78, 5) is 8.87. The summed E-state index contributed by atoms with van der Waals surface area (Å²) in [6.45, 7) is -0.692. The van der Waals surface area contributed by atoms with Crippen LogP contribution in [0.3, 0.4) is 0 Å². The molecule has 0 aliphatic heterocycles. The molecule has 0 saturated heterocycles. The molecule has 0 atom stereocenters. The summed E-state index contributed by atoms with van der Waals surface area (Å²) in [6.07, 6.45) is 2.14. The predicted molar refractivity (Wildman–Crippen MR) is 107 cm³/mol. The first kappa shape index (κ1) is 19.7. The molecular weight excluding hydrogens is 430 g/mol. The first-order chi connectivity index (χ1) is 14.7. The number of pyridine rings is 1. The van der Waals surface area contributed by atoms with Crippen molar-refractivity contribution in [2.45, 2.75) is 30.6 Å². The van der Waals surface area contributed by atoms with Crippen molar-refractivity contribution in [1.82, 2.24) is 39.7 Å². The van der Waals surface area contributed by atoms with Gasteiger partial charge in [-0.3, -0.25) is 9.78 Å². The highest BCUT2D eigenvalue weighted by Gasteiger charge is 2.55. The smallest absolute Gasteiger partial charge is 0.257 e. The maximum absolute atomic E-state index is 13.4. The van der Waals surface area contributed by atoms with Gasteiger partial charge in [0.1, 0.15) is 29.8 Å². The molecule has 31 heavy (non-hydrogen) atoms. The molecule has 1 aliphatic carbocycles. The molecule has 0 amide bonds. The van der Waals surface area contributed by atoms with Crippen LogP contribution in [-0.2, 0) is 28.2 Å². The number of nitrogens with one attached hydrogen (secondary N) is 1. The second-order valence-electron chi connectivity index (χ2n) is 7.62. The minimum Gasteiger partial charge on any atom is -0.276 e. The third kappa shape index (κ3) is 3.02. The van der Waals surface area contributed by atoms with E-state index in [1.165, 1.54) is 17.2 Å². The van der Waals surface area contributed by atoms with Crippen molar-refractivity contribution in [3.05, 3.63) is 30.2 Å². The van der Waals surface area contributed by atoms with Crippen molar-refractivity contribution in [3.63, 3.8) is 0 Å². The Morgan fingerprint density at radius 1 is 1.32 bits per heavy atom. The molecule has 4 aromatic heterocycles. The molecule has 1 aliphatic rings. The lowest BCUT2D eigenvalue weighted by atomic mass is 10.1. The van der Waals surface area contributed by atoms with Crippen LogP contribution in [-0.4, -0.2) is 60.8 Å². The summed E-state index contributed by atoms with van der Waals surface area (Å²) < 4.78 is 53.8. The van der Waals surface area contributed by atoms with Crippen LogP contribution < -0.4 is 0 Å². The van der Waals surface area contributed by atoms with E-state index >= 15 is 0 Å². The molecule has 4 aromatic rings. The van der Waals surface area contributed by atoms with Crippen molar-refractivity contribution in [2.75, 3.05) is 6.26 Å². The number of aromatic nitrogens is 8. The molecule has 13 heteroatoms. The van der Waals surface area contributed by atoms with E-state index in [1.807, 2.05) is 0 Å². The zero-order chi connectivity index (χ0) is 22.0. The van der Waals surface area contributed by atoms with Crippen LogP contribution in [0, 0.1) is 0 Å². The summed E-state index contributed by atoms with van der Waals surface area (Å²) in [5.74, 6) is 0.421. The molecule has 0 bridgehead atoms. The molecule has 0 spiro atoms. The van der Waals surface area contributed by atoms with Gasteiger partial charge in [-0.25, -0.2) is 31.8 Å². The Morgan fingerprint density at radius 3 is 2.65 bits per heavy atom. The zero-order valence-electron chi connectivity index (χ0n) is 16.6. The minimum absolute atomic E-state index is 0.277. The first-order valence-corrected chi connectivity index (χ1v) is 11.3. The molecule has 0 radical (unpaired) electrons. The SMILES string of the molecule is Cn1ncnc1-c1cc(C2(S(C)(=O)=O)CC2)c2c(n1)c(-c1ccn[nH]1)nn2CC(F)F. The normalized spacial score (nSPS) is 15.8. The summed E-state index contributed by atoms with van der Waals surface area (Å²) in [7, 11) is -1.85. The van der Waals surface area contributed by atoms with E-state index in [4.69, 9.17) is 0 Å². The van der Waals surface area contributed by atoms with Gasteiger partial charge in [0.25, 0.3) is 6.43 Å². The van der Waals surface area contributed by atoms with Crippen LogP contribution in [0.1, 0.15) is 18.4 Å². The fourth-order valence-corrected chi connectivity index (χ4v) is 5.36.